The predicted octanol–water partition coefficient (Wildman–Crippen LogP) is 7.01. The van der Waals surface area contributed by atoms with Crippen LogP contribution < -0.4 is 4.48 Å². The smallest absolute Gasteiger partial charge is 0.165 e. The summed E-state index contributed by atoms with van der Waals surface area (Å²) in [5.41, 5.74) is 2.42. The molecule has 0 N–H and O–H groups in total. The van der Waals surface area contributed by atoms with Crippen molar-refractivity contribution in [1.29, 1.82) is 0 Å². The van der Waals surface area contributed by atoms with Gasteiger partial charge in [-0.2, -0.15) is 0 Å². The molecule has 4 heteroatoms. The minimum atomic E-state index is 0.295. The Bertz CT molecular complexity index is 892. The highest BCUT2D eigenvalue weighted by Gasteiger charge is 2.44. The number of para-hydroxylation sites is 2. The van der Waals surface area contributed by atoms with Gasteiger partial charge in [-0.25, -0.2) is 0 Å². The van der Waals surface area contributed by atoms with Crippen molar-refractivity contribution in [3.8, 4) is 0 Å². The highest BCUT2D eigenvalue weighted by molar-refractivity contribution is 8.03. The van der Waals surface area contributed by atoms with Gasteiger partial charge in [0.25, 0.3) is 0 Å². The molecule has 1 unspecified atom stereocenters. The summed E-state index contributed by atoms with van der Waals surface area (Å²) in [6.07, 6.45) is 10.6. The third kappa shape index (κ3) is 3.41. The maximum Gasteiger partial charge on any atom is 0.165 e. The zero-order valence-electron chi connectivity index (χ0n) is 15.1. The lowest BCUT2D eigenvalue weighted by molar-refractivity contribution is 0.346. The average Bonchev–Trinajstić information content (AvgIpc) is 3.22. The van der Waals surface area contributed by atoms with Crippen molar-refractivity contribution in [3.05, 3.63) is 102 Å². The number of hydrogen-bond acceptors (Lipinski definition) is 2. The largest absolute Gasteiger partial charge is 0.651 e. The summed E-state index contributed by atoms with van der Waals surface area (Å²) < 4.78 is 0.831. The van der Waals surface area contributed by atoms with E-state index < -0.39 is 0 Å². The number of hydrogen-bond donors (Lipinski definition) is 0. The van der Waals surface area contributed by atoms with Crippen LogP contribution in [0, 0.1) is 0 Å². The van der Waals surface area contributed by atoms with E-state index in [0.29, 0.717) is 5.37 Å². The molecule has 2 aliphatic heterocycles. The first-order chi connectivity index (χ1) is 13.3. The summed E-state index contributed by atoms with van der Waals surface area (Å²) in [7, 11) is 0. The molecule has 4 rings (SSSR count). The third-order valence-electron chi connectivity index (χ3n) is 4.81. The topological polar surface area (TPSA) is 14.1 Å². The summed E-state index contributed by atoms with van der Waals surface area (Å²) in [6, 6.07) is 17.0. The summed E-state index contributed by atoms with van der Waals surface area (Å²) in [4.78, 5) is 2.57. The van der Waals surface area contributed by atoms with Gasteiger partial charge in [0.1, 0.15) is 18.8 Å². The number of nitrogens with zero attached hydrogens (tertiary/aromatic N) is 2. The number of fused-ring (bicyclic) bond motifs is 2. The summed E-state index contributed by atoms with van der Waals surface area (Å²) in [5.74, 6) is 0. The second kappa shape index (κ2) is 7.85. The molecule has 0 spiro atoms. The molecule has 0 aliphatic carbocycles. The molecule has 0 saturated heterocycles. The van der Waals surface area contributed by atoms with Crippen molar-refractivity contribution in [2.75, 3.05) is 13.1 Å². The molecule has 0 radical (unpaired) electrons. The van der Waals surface area contributed by atoms with Gasteiger partial charge in [0.15, 0.2) is 5.37 Å². The Morgan fingerprint density at radius 3 is 2.41 bits per heavy atom. The van der Waals surface area contributed by atoms with E-state index in [9.17, 15) is 0 Å². The number of quaternary nitrogens is 1. The molecule has 2 aromatic rings. The van der Waals surface area contributed by atoms with E-state index in [0.717, 1.165) is 28.3 Å². The molecule has 2 aliphatic rings. The molecule has 0 saturated carbocycles. The van der Waals surface area contributed by atoms with Crippen molar-refractivity contribution in [1.82, 2.24) is 4.48 Å². The fraction of sp³-hybridized carbons (Fsp3) is 0.130. The Hall–Kier alpha value is -2.14. The van der Waals surface area contributed by atoms with Gasteiger partial charge in [0, 0.05) is 6.07 Å². The minimum Gasteiger partial charge on any atom is -0.651 e. The average molecular weight is 391 g/mol. The number of allylic oxidation sites excluding steroid dienone is 2. The zero-order chi connectivity index (χ0) is 18.7. The van der Waals surface area contributed by atoms with Crippen molar-refractivity contribution in [3.63, 3.8) is 0 Å². The lowest BCUT2D eigenvalue weighted by Crippen LogP contribution is -2.52. The Labute approximate surface area is 169 Å². The van der Waals surface area contributed by atoms with Crippen molar-refractivity contribution < 1.29 is 0 Å². The molecule has 0 amide bonds. The first kappa shape index (κ1) is 18.2. The Morgan fingerprint density at radius 1 is 0.963 bits per heavy atom. The first-order valence-corrected chi connectivity index (χ1v) is 10.7. The molecule has 0 fully saturated rings. The van der Waals surface area contributed by atoms with Crippen LogP contribution in [0.15, 0.2) is 107 Å². The molecule has 0 bridgehead atoms. The number of benzene rings is 2. The van der Waals surface area contributed by atoms with Gasteiger partial charge in [-0.3, -0.25) is 4.48 Å². The molecular formula is C23H22N2S2. The Balaban J connectivity index is 1.59. The fourth-order valence-corrected chi connectivity index (χ4v) is 5.96. The molecular weight excluding hydrogens is 368 g/mol. The fourth-order valence-electron chi connectivity index (χ4n) is 3.63. The van der Waals surface area contributed by atoms with Crippen LogP contribution in [0.2, 0.25) is 0 Å². The maximum atomic E-state index is 4.69. The van der Waals surface area contributed by atoms with Crippen LogP contribution in [-0.4, -0.2) is 18.5 Å². The highest BCUT2D eigenvalue weighted by Crippen LogP contribution is 2.50. The Kier molecular flexibility index (Phi) is 5.30. The van der Waals surface area contributed by atoms with Gasteiger partial charge < -0.3 is 5.32 Å². The Morgan fingerprint density at radius 2 is 1.67 bits per heavy atom. The summed E-state index contributed by atoms with van der Waals surface area (Å²) in [5, 5.41) is 6.03. The summed E-state index contributed by atoms with van der Waals surface area (Å²) >= 11 is 3.64. The van der Waals surface area contributed by atoms with E-state index in [1.54, 1.807) is 11.8 Å². The standard InChI is InChI=1S/C23H22N2S2/c1-3-16-25(17-4-2)19-11-6-8-13-21(19)27-23(25)15-9-14-22-24-18-10-5-7-12-20(18)26-22/h3-15,23H,1-2,16-17H2/b15-9+,22-14+. The number of rotatable bonds is 6. The molecule has 1 atom stereocenters. The normalized spacial score (nSPS) is 21.0. The van der Waals surface area contributed by atoms with E-state index in [1.807, 2.05) is 30.0 Å². The van der Waals surface area contributed by atoms with E-state index in [1.165, 1.54) is 15.5 Å². The van der Waals surface area contributed by atoms with Gasteiger partial charge in [0.2, 0.25) is 0 Å². The first-order valence-electron chi connectivity index (χ1n) is 8.99. The quantitative estimate of drug-likeness (QED) is 0.389. The van der Waals surface area contributed by atoms with Crippen LogP contribution in [0.3, 0.4) is 0 Å². The molecule has 27 heavy (non-hydrogen) atoms. The highest BCUT2D eigenvalue weighted by atomic mass is 32.2. The lowest BCUT2D eigenvalue weighted by atomic mass is 10.2. The number of thioether (sulfide) groups is 2. The van der Waals surface area contributed by atoms with Crippen molar-refractivity contribution >= 4 is 34.9 Å². The van der Waals surface area contributed by atoms with Crippen LogP contribution in [0.25, 0.3) is 5.32 Å². The van der Waals surface area contributed by atoms with Crippen LogP contribution in [-0.2, 0) is 0 Å². The molecule has 2 nitrogen and oxygen atoms in total. The second-order valence-corrected chi connectivity index (χ2v) is 8.74. The summed E-state index contributed by atoms with van der Waals surface area (Å²) in [6.45, 7) is 9.79. The predicted molar refractivity (Wildman–Crippen MR) is 121 cm³/mol. The molecule has 2 heterocycles. The zero-order valence-corrected chi connectivity index (χ0v) is 16.8. The van der Waals surface area contributed by atoms with Crippen LogP contribution in [0.1, 0.15) is 0 Å². The molecule has 0 aromatic heterocycles. The molecule has 2 aromatic carbocycles. The van der Waals surface area contributed by atoms with Gasteiger partial charge in [-0.15, -0.1) is 17.4 Å². The third-order valence-corrected chi connectivity index (χ3v) is 7.22. The van der Waals surface area contributed by atoms with Gasteiger partial charge in [-0.1, -0.05) is 72.4 Å². The maximum absolute atomic E-state index is 4.69. The molecule has 136 valence electrons. The monoisotopic (exact) mass is 390 g/mol. The van der Waals surface area contributed by atoms with E-state index in [-0.39, 0.29) is 0 Å². The van der Waals surface area contributed by atoms with Gasteiger partial charge >= 0.3 is 0 Å². The van der Waals surface area contributed by atoms with Crippen LogP contribution in [0.5, 0.6) is 0 Å². The lowest BCUT2D eigenvalue weighted by Gasteiger charge is -2.36. The van der Waals surface area contributed by atoms with Crippen LogP contribution in [0.4, 0.5) is 11.4 Å². The van der Waals surface area contributed by atoms with Gasteiger partial charge in [0.05, 0.1) is 4.90 Å². The van der Waals surface area contributed by atoms with Crippen molar-refractivity contribution in [2.24, 2.45) is 0 Å². The van der Waals surface area contributed by atoms with Crippen molar-refractivity contribution in [2.45, 2.75) is 15.2 Å². The minimum absolute atomic E-state index is 0.295. The van der Waals surface area contributed by atoms with E-state index in [4.69, 9.17) is 5.32 Å². The SMILES string of the molecule is C=CC[N+]1(CC=C)c2ccccc2SC1/C=C/C=C1\[N-]c2ccccc2S1. The second-order valence-electron chi connectivity index (χ2n) is 6.52. The van der Waals surface area contributed by atoms with E-state index >= 15 is 0 Å². The van der Waals surface area contributed by atoms with Gasteiger partial charge in [-0.05, 0) is 35.3 Å². The van der Waals surface area contributed by atoms with Crippen LogP contribution >= 0.6 is 23.5 Å². The van der Waals surface area contributed by atoms with E-state index in [2.05, 4.69) is 73.9 Å².